The van der Waals surface area contributed by atoms with Gasteiger partial charge in [0.2, 0.25) is 0 Å². The molecule has 0 bridgehead atoms. The van der Waals surface area contributed by atoms with Gasteiger partial charge >= 0.3 is 0 Å². The second kappa shape index (κ2) is 3.09. The molecule has 2 aromatic heterocycles. The van der Waals surface area contributed by atoms with E-state index in [1.807, 2.05) is 23.1 Å². The summed E-state index contributed by atoms with van der Waals surface area (Å²) in [6, 6.07) is 6.38. The van der Waals surface area contributed by atoms with E-state index in [9.17, 15) is 4.79 Å². The van der Waals surface area contributed by atoms with Crippen molar-refractivity contribution in [1.29, 1.82) is 0 Å². The first-order valence-corrected chi connectivity index (χ1v) is 6.10. The first kappa shape index (κ1) is 9.22. The predicted molar refractivity (Wildman–Crippen MR) is 63.8 cm³/mol. The van der Waals surface area contributed by atoms with Gasteiger partial charge in [0.25, 0.3) is 5.91 Å². The molecule has 0 aromatic carbocycles. The molecule has 0 saturated heterocycles. The maximum Gasteiger partial charge on any atom is 0.270 e. The summed E-state index contributed by atoms with van der Waals surface area (Å²) in [5, 5.41) is 0. The van der Waals surface area contributed by atoms with E-state index in [1.54, 1.807) is 6.20 Å². The van der Waals surface area contributed by atoms with Crippen LogP contribution in [0.2, 0.25) is 0 Å². The number of carbonyl (C=O) groups excluding carboxylic acids is 1. The molecular formula is C13H13N3O. The lowest BCUT2D eigenvalue weighted by molar-refractivity contribution is 0.0693. The summed E-state index contributed by atoms with van der Waals surface area (Å²) in [5.41, 5.74) is 2.80. The van der Waals surface area contributed by atoms with E-state index in [-0.39, 0.29) is 5.91 Å². The first-order chi connectivity index (χ1) is 8.34. The van der Waals surface area contributed by atoms with Crippen molar-refractivity contribution in [3.8, 4) is 0 Å². The second-order valence-electron chi connectivity index (χ2n) is 4.82. The van der Waals surface area contributed by atoms with Crippen molar-refractivity contribution in [1.82, 2.24) is 14.5 Å². The molecule has 2 aliphatic rings. The maximum absolute atomic E-state index is 12.3. The summed E-state index contributed by atoms with van der Waals surface area (Å²) in [5.74, 6) is 0.178. The number of nitrogens with zero attached hydrogens (tertiary/aromatic N) is 3. The molecule has 86 valence electrons. The normalized spacial score (nSPS) is 19.8. The van der Waals surface area contributed by atoms with E-state index in [1.165, 1.54) is 12.8 Å². The van der Waals surface area contributed by atoms with Crippen LogP contribution in [-0.2, 0) is 6.54 Å². The molecule has 1 aliphatic heterocycles. The summed E-state index contributed by atoms with van der Waals surface area (Å²) >= 11 is 0. The lowest BCUT2D eigenvalue weighted by Gasteiger charge is -2.28. The van der Waals surface area contributed by atoms with Crippen LogP contribution >= 0.6 is 0 Å². The Morgan fingerprint density at radius 2 is 2.18 bits per heavy atom. The molecule has 4 heteroatoms. The van der Waals surface area contributed by atoms with Gasteiger partial charge in [0, 0.05) is 25.3 Å². The quantitative estimate of drug-likeness (QED) is 0.743. The van der Waals surface area contributed by atoms with Gasteiger partial charge in [-0.15, -0.1) is 0 Å². The van der Waals surface area contributed by atoms with Crippen molar-refractivity contribution < 1.29 is 4.79 Å². The molecule has 0 radical (unpaired) electrons. The number of fused-ring (bicyclic) bond motifs is 3. The van der Waals surface area contributed by atoms with Gasteiger partial charge in [0.1, 0.15) is 5.69 Å². The van der Waals surface area contributed by atoms with Crippen molar-refractivity contribution in [2.45, 2.75) is 25.4 Å². The summed E-state index contributed by atoms with van der Waals surface area (Å²) in [7, 11) is 0. The van der Waals surface area contributed by atoms with Gasteiger partial charge in [0.05, 0.1) is 11.0 Å². The molecule has 1 aliphatic carbocycles. The lowest BCUT2D eigenvalue weighted by Crippen LogP contribution is -2.41. The summed E-state index contributed by atoms with van der Waals surface area (Å²) in [4.78, 5) is 18.7. The molecule has 1 saturated carbocycles. The van der Waals surface area contributed by atoms with Gasteiger partial charge in [0.15, 0.2) is 0 Å². The van der Waals surface area contributed by atoms with Gasteiger partial charge < -0.3 is 9.47 Å². The van der Waals surface area contributed by atoms with Crippen LogP contribution in [0.3, 0.4) is 0 Å². The van der Waals surface area contributed by atoms with Crippen LogP contribution < -0.4 is 0 Å². The van der Waals surface area contributed by atoms with E-state index in [2.05, 4.69) is 9.55 Å². The average molecular weight is 227 g/mol. The van der Waals surface area contributed by atoms with E-state index in [0.717, 1.165) is 29.8 Å². The van der Waals surface area contributed by atoms with Crippen molar-refractivity contribution >= 4 is 16.9 Å². The minimum absolute atomic E-state index is 0.178. The zero-order valence-electron chi connectivity index (χ0n) is 9.47. The lowest BCUT2D eigenvalue weighted by atomic mass is 10.3. The SMILES string of the molecule is O=C1c2cc3ncccc3n2CCN1C1CC1. The Bertz CT molecular complexity index is 612. The highest BCUT2D eigenvalue weighted by molar-refractivity contribution is 5.98. The number of amides is 1. The fraction of sp³-hybridized carbons (Fsp3) is 0.385. The van der Waals surface area contributed by atoms with Gasteiger partial charge in [-0.2, -0.15) is 0 Å². The summed E-state index contributed by atoms with van der Waals surface area (Å²) < 4.78 is 2.10. The smallest absolute Gasteiger partial charge is 0.270 e. The van der Waals surface area contributed by atoms with Crippen LogP contribution in [0.15, 0.2) is 24.4 Å². The first-order valence-electron chi connectivity index (χ1n) is 6.10. The third kappa shape index (κ3) is 1.24. The van der Waals surface area contributed by atoms with E-state index in [4.69, 9.17) is 0 Å². The van der Waals surface area contributed by atoms with Crippen LogP contribution in [-0.4, -0.2) is 32.9 Å². The van der Waals surface area contributed by atoms with E-state index < -0.39 is 0 Å². The van der Waals surface area contributed by atoms with Crippen LogP contribution in [0.1, 0.15) is 23.3 Å². The Balaban J connectivity index is 1.88. The number of rotatable bonds is 1. The number of carbonyl (C=O) groups is 1. The van der Waals surface area contributed by atoms with Crippen molar-refractivity contribution in [2.75, 3.05) is 6.54 Å². The number of hydrogen-bond donors (Lipinski definition) is 0. The molecule has 17 heavy (non-hydrogen) atoms. The number of pyridine rings is 1. The van der Waals surface area contributed by atoms with Crippen LogP contribution in [0.5, 0.6) is 0 Å². The third-order valence-corrected chi connectivity index (χ3v) is 3.70. The molecule has 4 nitrogen and oxygen atoms in total. The predicted octanol–water partition coefficient (Wildman–Crippen LogP) is 1.65. The minimum Gasteiger partial charge on any atom is -0.333 e. The molecule has 1 fully saturated rings. The highest BCUT2D eigenvalue weighted by atomic mass is 16.2. The van der Waals surface area contributed by atoms with E-state index >= 15 is 0 Å². The van der Waals surface area contributed by atoms with E-state index in [0.29, 0.717) is 6.04 Å². The van der Waals surface area contributed by atoms with Gasteiger partial charge in [-0.05, 0) is 31.0 Å². The second-order valence-corrected chi connectivity index (χ2v) is 4.82. The maximum atomic E-state index is 12.3. The zero-order valence-corrected chi connectivity index (χ0v) is 9.47. The van der Waals surface area contributed by atoms with Crippen molar-refractivity contribution in [2.24, 2.45) is 0 Å². The molecule has 4 rings (SSSR count). The van der Waals surface area contributed by atoms with Gasteiger partial charge in [-0.25, -0.2) is 0 Å². The largest absolute Gasteiger partial charge is 0.333 e. The topological polar surface area (TPSA) is 38.1 Å². The van der Waals surface area contributed by atoms with Crippen molar-refractivity contribution in [3.63, 3.8) is 0 Å². The van der Waals surface area contributed by atoms with Crippen LogP contribution in [0.25, 0.3) is 11.0 Å². The average Bonchev–Trinajstić information content (AvgIpc) is 3.11. The molecule has 0 spiro atoms. The Kier molecular flexibility index (Phi) is 1.68. The van der Waals surface area contributed by atoms with Crippen LogP contribution in [0.4, 0.5) is 0 Å². The fourth-order valence-electron chi connectivity index (χ4n) is 2.69. The Labute approximate surface area is 98.9 Å². The number of aromatic nitrogens is 2. The minimum atomic E-state index is 0.178. The molecular weight excluding hydrogens is 214 g/mol. The molecule has 0 atom stereocenters. The summed E-state index contributed by atoms with van der Waals surface area (Å²) in [6.45, 7) is 1.74. The van der Waals surface area contributed by atoms with Crippen molar-refractivity contribution in [3.05, 3.63) is 30.1 Å². The molecule has 1 amide bonds. The highest BCUT2D eigenvalue weighted by Gasteiger charge is 2.36. The van der Waals surface area contributed by atoms with Gasteiger partial charge in [-0.3, -0.25) is 9.78 Å². The molecule has 3 heterocycles. The monoisotopic (exact) mass is 227 g/mol. The molecule has 0 unspecified atom stereocenters. The Hall–Kier alpha value is -1.84. The fourth-order valence-corrected chi connectivity index (χ4v) is 2.69. The number of hydrogen-bond acceptors (Lipinski definition) is 2. The van der Waals surface area contributed by atoms with Gasteiger partial charge in [-0.1, -0.05) is 0 Å². The zero-order chi connectivity index (χ0) is 11.4. The highest BCUT2D eigenvalue weighted by Crippen LogP contribution is 2.31. The Morgan fingerprint density at radius 3 is 3.00 bits per heavy atom. The standard InChI is InChI=1S/C13H13N3O/c17-13-12-8-10-11(2-1-5-14-10)16(12)7-6-15(13)9-3-4-9/h1-2,5,8-9H,3-4,6-7H2. The van der Waals surface area contributed by atoms with Crippen LogP contribution in [0, 0.1) is 0 Å². The Morgan fingerprint density at radius 1 is 1.29 bits per heavy atom. The summed E-state index contributed by atoms with van der Waals surface area (Å²) in [6.07, 6.45) is 4.12. The molecule has 0 N–H and O–H groups in total. The molecule has 2 aromatic rings. The third-order valence-electron chi connectivity index (χ3n) is 3.70.